The maximum atomic E-state index is 13.1. The number of amides is 2. The Morgan fingerprint density at radius 1 is 1.00 bits per heavy atom. The van der Waals surface area contributed by atoms with Crippen molar-refractivity contribution in [2.24, 2.45) is 0 Å². The van der Waals surface area contributed by atoms with Gasteiger partial charge in [-0.25, -0.2) is 4.98 Å². The van der Waals surface area contributed by atoms with Gasteiger partial charge in [-0.2, -0.15) is 0 Å². The number of benzene rings is 1. The van der Waals surface area contributed by atoms with Crippen molar-refractivity contribution >= 4 is 45.6 Å². The van der Waals surface area contributed by atoms with Crippen molar-refractivity contribution in [3.8, 4) is 10.6 Å². The summed E-state index contributed by atoms with van der Waals surface area (Å²) in [6, 6.07) is 12.6. The fourth-order valence-electron chi connectivity index (χ4n) is 3.01. The van der Waals surface area contributed by atoms with Crippen LogP contribution in [0.3, 0.4) is 0 Å². The van der Waals surface area contributed by atoms with E-state index in [4.69, 9.17) is 4.52 Å². The van der Waals surface area contributed by atoms with Gasteiger partial charge in [-0.15, -0.1) is 11.3 Å². The van der Waals surface area contributed by atoms with Crippen LogP contribution < -0.4 is 10.6 Å². The number of carbonyl (C=O) groups is 2. The number of hydrogen-bond acceptors (Lipinski definition) is 6. The normalized spacial score (nSPS) is 10.9. The Bertz CT molecular complexity index is 1220. The Hall–Kier alpha value is -3.52. The van der Waals surface area contributed by atoms with E-state index in [0.717, 1.165) is 9.75 Å². The van der Waals surface area contributed by atoms with Gasteiger partial charge in [0.2, 0.25) is 5.91 Å². The third kappa shape index (κ3) is 3.88. The molecule has 4 rings (SSSR count). The Labute approximate surface area is 170 Å². The van der Waals surface area contributed by atoms with Crippen LogP contribution in [0.5, 0.6) is 0 Å². The molecule has 7 nitrogen and oxygen atoms in total. The predicted molar refractivity (Wildman–Crippen MR) is 113 cm³/mol. The van der Waals surface area contributed by atoms with Crippen LogP contribution >= 0.6 is 11.3 Å². The second-order valence-electron chi connectivity index (χ2n) is 6.63. The third-order valence-electron chi connectivity index (χ3n) is 4.32. The minimum Gasteiger partial charge on any atom is -0.335 e. The molecule has 2 amide bonds. The monoisotopic (exact) mass is 406 g/mol. The summed E-state index contributed by atoms with van der Waals surface area (Å²) in [5, 5.41) is 10.1. The summed E-state index contributed by atoms with van der Waals surface area (Å²) in [7, 11) is 0. The van der Waals surface area contributed by atoms with Crippen molar-refractivity contribution < 1.29 is 14.1 Å². The number of thiophene rings is 1. The van der Waals surface area contributed by atoms with Crippen LogP contribution in [0.25, 0.3) is 21.7 Å². The van der Waals surface area contributed by atoms with E-state index in [1.807, 2.05) is 19.1 Å². The molecule has 3 heterocycles. The van der Waals surface area contributed by atoms with Crippen LogP contribution in [0.15, 0.2) is 47.0 Å². The highest BCUT2D eigenvalue weighted by Crippen LogP contribution is 2.31. The van der Waals surface area contributed by atoms with E-state index in [-0.39, 0.29) is 11.8 Å². The predicted octanol–water partition coefficient (Wildman–Crippen LogP) is 4.78. The molecular weight excluding hydrogens is 388 g/mol. The van der Waals surface area contributed by atoms with Gasteiger partial charge in [0, 0.05) is 23.2 Å². The molecule has 146 valence electrons. The summed E-state index contributed by atoms with van der Waals surface area (Å²) in [5.41, 5.74) is 3.31. The Balaban J connectivity index is 1.69. The van der Waals surface area contributed by atoms with E-state index in [1.165, 1.54) is 6.92 Å². The summed E-state index contributed by atoms with van der Waals surface area (Å²) in [6.45, 7) is 5.24. The van der Waals surface area contributed by atoms with Gasteiger partial charge in [0.05, 0.1) is 27.2 Å². The minimum absolute atomic E-state index is 0.153. The Morgan fingerprint density at radius 2 is 1.69 bits per heavy atom. The van der Waals surface area contributed by atoms with Crippen LogP contribution in [0.1, 0.15) is 27.9 Å². The van der Waals surface area contributed by atoms with Gasteiger partial charge < -0.3 is 15.2 Å². The first-order chi connectivity index (χ1) is 13.9. The SMILES string of the molecule is CC(=O)Nc1ccc(NC(=O)c2cc(-c3ccc(C)s3)nc3onc(C)c23)cc1. The molecule has 0 aliphatic carbocycles. The summed E-state index contributed by atoms with van der Waals surface area (Å²) >= 11 is 1.60. The van der Waals surface area contributed by atoms with Gasteiger partial charge in [0.15, 0.2) is 0 Å². The quantitative estimate of drug-likeness (QED) is 0.508. The summed E-state index contributed by atoms with van der Waals surface area (Å²) in [6.07, 6.45) is 0. The molecule has 0 fully saturated rings. The van der Waals surface area contributed by atoms with Crippen molar-refractivity contribution in [3.63, 3.8) is 0 Å². The fourth-order valence-corrected chi connectivity index (χ4v) is 3.84. The van der Waals surface area contributed by atoms with Crippen molar-refractivity contribution in [1.82, 2.24) is 10.1 Å². The molecule has 2 N–H and O–H groups in total. The van der Waals surface area contributed by atoms with E-state index in [9.17, 15) is 9.59 Å². The molecule has 0 aliphatic rings. The minimum atomic E-state index is -0.287. The van der Waals surface area contributed by atoms with Crippen molar-refractivity contribution in [3.05, 3.63) is 58.6 Å². The molecule has 8 heteroatoms. The topological polar surface area (TPSA) is 97.1 Å². The number of pyridine rings is 1. The van der Waals surface area contributed by atoms with Gasteiger partial charge >= 0.3 is 0 Å². The maximum absolute atomic E-state index is 13.1. The zero-order chi connectivity index (χ0) is 20.5. The molecule has 0 aliphatic heterocycles. The molecule has 29 heavy (non-hydrogen) atoms. The van der Waals surface area contributed by atoms with Gasteiger partial charge in [-0.1, -0.05) is 5.16 Å². The average molecular weight is 406 g/mol. The Kier molecular flexibility index (Phi) is 4.85. The molecule has 0 saturated heterocycles. The number of aromatic nitrogens is 2. The maximum Gasteiger partial charge on any atom is 0.259 e. The molecular formula is C21H18N4O3S. The molecule has 3 aromatic heterocycles. The first-order valence-corrected chi connectivity index (χ1v) is 9.75. The molecule has 0 spiro atoms. The zero-order valence-corrected chi connectivity index (χ0v) is 16.9. The van der Waals surface area contributed by atoms with Gasteiger partial charge in [0.25, 0.3) is 11.6 Å². The number of carbonyl (C=O) groups excluding carboxylic acids is 2. The molecule has 4 aromatic rings. The van der Waals surface area contributed by atoms with Gasteiger partial charge in [0.1, 0.15) is 0 Å². The third-order valence-corrected chi connectivity index (χ3v) is 5.34. The molecule has 0 unspecified atom stereocenters. The van der Waals surface area contributed by atoms with E-state index in [0.29, 0.717) is 39.4 Å². The van der Waals surface area contributed by atoms with Crippen molar-refractivity contribution in [1.29, 1.82) is 0 Å². The highest BCUT2D eigenvalue weighted by atomic mass is 32.1. The number of nitrogens with one attached hydrogen (secondary N) is 2. The highest BCUT2D eigenvalue weighted by Gasteiger charge is 2.20. The number of rotatable bonds is 4. The van der Waals surface area contributed by atoms with E-state index >= 15 is 0 Å². The Morgan fingerprint density at radius 3 is 2.31 bits per heavy atom. The molecule has 0 atom stereocenters. The van der Waals surface area contributed by atoms with Gasteiger partial charge in [-0.05, 0) is 56.3 Å². The van der Waals surface area contributed by atoms with Crippen LogP contribution in [0, 0.1) is 13.8 Å². The van der Waals surface area contributed by atoms with Crippen LogP contribution in [0.4, 0.5) is 11.4 Å². The number of nitrogens with zero attached hydrogens (tertiary/aromatic N) is 2. The number of anilines is 2. The van der Waals surface area contributed by atoms with Crippen molar-refractivity contribution in [2.45, 2.75) is 20.8 Å². The van der Waals surface area contributed by atoms with Crippen LogP contribution in [0.2, 0.25) is 0 Å². The molecule has 0 radical (unpaired) electrons. The number of aryl methyl sites for hydroxylation is 2. The van der Waals surface area contributed by atoms with Crippen LogP contribution in [-0.4, -0.2) is 22.0 Å². The second kappa shape index (κ2) is 7.48. The molecule has 0 saturated carbocycles. The summed E-state index contributed by atoms with van der Waals surface area (Å²) in [5.74, 6) is -0.439. The summed E-state index contributed by atoms with van der Waals surface area (Å²) in [4.78, 5) is 30.8. The lowest BCUT2D eigenvalue weighted by atomic mass is 10.1. The van der Waals surface area contributed by atoms with E-state index in [1.54, 1.807) is 48.6 Å². The average Bonchev–Trinajstić information content (AvgIpc) is 3.28. The number of hydrogen-bond donors (Lipinski definition) is 2. The van der Waals surface area contributed by atoms with Crippen molar-refractivity contribution in [2.75, 3.05) is 10.6 Å². The van der Waals surface area contributed by atoms with E-state index < -0.39 is 0 Å². The summed E-state index contributed by atoms with van der Waals surface area (Å²) < 4.78 is 5.33. The first-order valence-electron chi connectivity index (χ1n) is 8.93. The smallest absolute Gasteiger partial charge is 0.259 e. The standard InChI is InChI=1S/C21H18N4O3S/c1-11-4-9-18(29-11)17-10-16(19-12(2)25-28-21(19)24-17)20(27)23-15-7-5-14(6-8-15)22-13(3)26/h4-10H,1-3H3,(H,22,26)(H,23,27). The largest absolute Gasteiger partial charge is 0.335 e. The molecule has 0 bridgehead atoms. The first kappa shape index (κ1) is 18.8. The lowest BCUT2D eigenvalue weighted by Gasteiger charge is -2.09. The second-order valence-corrected chi connectivity index (χ2v) is 7.91. The van der Waals surface area contributed by atoms with Crippen LogP contribution in [-0.2, 0) is 4.79 Å². The number of fused-ring (bicyclic) bond motifs is 1. The highest BCUT2D eigenvalue weighted by molar-refractivity contribution is 7.15. The van der Waals surface area contributed by atoms with Gasteiger partial charge in [-0.3, -0.25) is 9.59 Å². The fraction of sp³-hybridized carbons (Fsp3) is 0.143. The lowest BCUT2D eigenvalue weighted by molar-refractivity contribution is -0.114. The zero-order valence-electron chi connectivity index (χ0n) is 16.1. The van der Waals surface area contributed by atoms with E-state index in [2.05, 4.69) is 20.8 Å². The molecule has 1 aromatic carbocycles. The lowest BCUT2D eigenvalue weighted by Crippen LogP contribution is -2.13.